The molecule has 1 aliphatic rings. The molecule has 0 saturated carbocycles. The molecule has 3 N–H and O–H groups in total. The molecule has 1 aliphatic heterocycles. The van der Waals surface area contributed by atoms with Crippen LogP contribution in [0.25, 0.3) is 0 Å². The lowest BCUT2D eigenvalue weighted by molar-refractivity contribution is -0.136. The molecule has 1 heterocycles. The molecule has 1 saturated heterocycles. The Balaban J connectivity index is 2.15. The van der Waals surface area contributed by atoms with Crippen LogP contribution in [-0.2, 0) is 9.59 Å². The summed E-state index contributed by atoms with van der Waals surface area (Å²) in [6.45, 7) is 3.83. The number of nitrogens with zero attached hydrogens (tertiary/aromatic N) is 1. The molecule has 0 radical (unpaired) electrons. The largest absolute Gasteiger partial charge is 0.480 e. The maximum absolute atomic E-state index is 11.1. The molecule has 0 aliphatic carbocycles. The Morgan fingerprint density at radius 3 is 2.89 bits per heavy atom. The number of piperidine rings is 1. The van der Waals surface area contributed by atoms with Crippen molar-refractivity contribution in [2.45, 2.75) is 25.7 Å². The fourth-order valence-corrected chi connectivity index (χ4v) is 2.49. The van der Waals surface area contributed by atoms with E-state index in [1.54, 1.807) is 7.05 Å². The van der Waals surface area contributed by atoms with Crippen LogP contribution in [0.5, 0.6) is 0 Å². The monoisotopic (exact) mass is 271 g/mol. The van der Waals surface area contributed by atoms with Crippen LogP contribution < -0.4 is 10.6 Å². The molecular weight excluding hydrogens is 246 g/mol. The average molecular weight is 271 g/mol. The molecule has 0 aromatic rings. The number of carbonyl (C=O) groups is 2. The normalized spacial score (nSPS) is 20.2. The lowest BCUT2D eigenvalue weighted by Gasteiger charge is -2.32. The van der Waals surface area contributed by atoms with Gasteiger partial charge in [0.05, 0.1) is 6.54 Å². The molecule has 1 atom stereocenters. The van der Waals surface area contributed by atoms with E-state index in [0.29, 0.717) is 12.3 Å². The van der Waals surface area contributed by atoms with Crippen LogP contribution >= 0.6 is 0 Å². The first kappa shape index (κ1) is 15.9. The first-order chi connectivity index (χ1) is 9.11. The molecule has 0 spiro atoms. The summed E-state index contributed by atoms with van der Waals surface area (Å²) in [7, 11) is 1.66. The number of aliphatic carboxylic acids is 1. The second-order valence-electron chi connectivity index (χ2n) is 5.11. The number of hydrogen-bond acceptors (Lipinski definition) is 4. The summed E-state index contributed by atoms with van der Waals surface area (Å²) in [5.74, 6) is -0.192. The number of carboxylic acids is 1. The highest BCUT2D eigenvalue weighted by Crippen LogP contribution is 2.16. The van der Waals surface area contributed by atoms with Gasteiger partial charge in [-0.2, -0.15) is 0 Å². The van der Waals surface area contributed by atoms with E-state index in [9.17, 15) is 9.59 Å². The topological polar surface area (TPSA) is 81.7 Å². The summed E-state index contributed by atoms with van der Waals surface area (Å²) in [6, 6.07) is 0. The summed E-state index contributed by atoms with van der Waals surface area (Å²) in [6.07, 6.45) is 3.77. The molecule has 6 nitrogen and oxygen atoms in total. The minimum Gasteiger partial charge on any atom is -0.480 e. The van der Waals surface area contributed by atoms with Crippen LogP contribution in [0.2, 0.25) is 0 Å². The molecule has 6 heteroatoms. The van der Waals surface area contributed by atoms with Gasteiger partial charge in [-0.1, -0.05) is 0 Å². The van der Waals surface area contributed by atoms with Gasteiger partial charge in [-0.05, 0) is 44.8 Å². The fraction of sp³-hybridized carbons (Fsp3) is 0.846. The summed E-state index contributed by atoms with van der Waals surface area (Å²) in [5.41, 5.74) is 0. The average Bonchev–Trinajstić information content (AvgIpc) is 2.38. The summed E-state index contributed by atoms with van der Waals surface area (Å²) in [4.78, 5) is 23.9. The summed E-state index contributed by atoms with van der Waals surface area (Å²) >= 11 is 0. The highest BCUT2D eigenvalue weighted by atomic mass is 16.4. The van der Waals surface area contributed by atoms with Crippen LogP contribution in [0.3, 0.4) is 0 Å². The molecule has 110 valence electrons. The zero-order chi connectivity index (χ0) is 14.1. The Hall–Kier alpha value is -1.14. The van der Waals surface area contributed by atoms with Crippen molar-refractivity contribution >= 4 is 11.9 Å². The first-order valence-corrected chi connectivity index (χ1v) is 6.97. The maximum Gasteiger partial charge on any atom is 0.317 e. The molecular formula is C13H25N3O3. The van der Waals surface area contributed by atoms with Crippen LogP contribution in [0, 0.1) is 5.92 Å². The Morgan fingerprint density at radius 1 is 1.42 bits per heavy atom. The van der Waals surface area contributed by atoms with E-state index < -0.39 is 5.97 Å². The zero-order valence-electron chi connectivity index (χ0n) is 11.7. The van der Waals surface area contributed by atoms with Gasteiger partial charge in [0.1, 0.15) is 0 Å². The number of amides is 1. The van der Waals surface area contributed by atoms with E-state index >= 15 is 0 Å². The van der Waals surface area contributed by atoms with E-state index in [0.717, 1.165) is 45.4 Å². The highest BCUT2D eigenvalue weighted by molar-refractivity contribution is 5.75. The van der Waals surface area contributed by atoms with Crippen LogP contribution in [0.15, 0.2) is 0 Å². The van der Waals surface area contributed by atoms with E-state index in [2.05, 4.69) is 15.5 Å². The second kappa shape index (κ2) is 8.87. The van der Waals surface area contributed by atoms with Crippen LogP contribution in [0.4, 0.5) is 0 Å². The number of nitrogens with one attached hydrogen (secondary N) is 2. The molecule has 0 bridgehead atoms. The highest BCUT2D eigenvalue weighted by Gasteiger charge is 2.19. The Bertz CT molecular complexity index is 297. The first-order valence-electron chi connectivity index (χ1n) is 6.97. The van der Waals surface area contributed by atoms with Gasteiger partial charge in [-0.25, -0.2) is 0 Å². The standard InChI is InChI=1S/C13H25N3O3/c1-14-12(17)5-3-7-16-6-2-4-11(10-16)8-15-9-13(18)19/h11,15H,2-10H2,1H3,(H,14,17)(H,18,19). The molecule has 19 heavy (non-hydrogen) atoms. The van der Waals surface area contributed by atoms with Crippen molar-refractivity contribution < 1.29 is 14.7 Å². The van der Waals surface area contributed by atoms with Gasteiger partial charge in [0.2, 0.25) is 5.91 Å². The van der Waals surface area contributed by atoms with Gasteiger partial charge < -0.3 is 20.6 Å². The van der Waals surface area contributed by atoms with Crippen molar-refractivity contribution in [3.05, 3.63) is 0 Å². The number of likely N-dealkylation sites (tertiary alicyclic amines) is 1. The Labute approximate surface area is 114 Å². The van der Waals surface area contributed by atoms with Crippen LogP contribution in [0.1, 0.15) is 25.7 Å². The number of hydrogen-bond donors (Lipinski definition) is 3. The molecule has 1 unspecified atom stereocenters. The SMILES string of the molecule is CNC(=O)CCCN1CCCC(CNCC(=O)O)C1. The van der Waals surface area contributed by atoms with Gasteiger partial charge in [-0.15, -0.1) is 0 Å². The van der Waals surface area contributed by atoms with Crippen molar-refractivity contribution in [2.75, 3.05) is 39.8 Å². The molecule has 1 fully saturated rings. The van der Waals surface area contributed by atoms with Gasteiger partial charge in [0, 0.05) is 20.0 Å². The second-order valence-corrected chi connectivity index (χ2v) is 5.11. The lowest BCUT2D eigenvalue weighted by atomic mass is 9.97. The zero-order valence-corrected chi connectivity index (χ0v) is 11.7. The van der Waals surface area contributed by atoms with Crippen LogP contribution in [-0.4, -0.2) is 61.7 Å². The fourth-order valence-electron chi connectivity index (χ4n) is 2.49. The van der Waals surface area contributed by atoms with Crippen molar-refractivity contribution in [1.82, 2.24) is 15.5 Å². The molecule has 0 aromatic heterocycles. The number of carboxylic acid groups (broad SMARTS) is 1. The third-order valence-corrected chi connectivity index (χ3v) is 3.47. The molecule has 1 amide bonds. The lowest BCUT2D eigenvalue weighted by Crippen LogP contribution is -2.41. The van der Waals surface area contributed by atoms with E-state index in [-0.39, 0.29) is 12.5 Å². The van der Waals surface area contributed by atoms with Gasteiger partial charge in [0.25, 0.3) is 0 Å². The van der Waals surface area contributed by atoms with E-state index in [1.165, 1.54) is 0 Å². The molecule has 0 aromatic carbocycles. The van der Waals surface area contributed by atoms with E-state index in [4.69, 9.17) is 5.11 Å². The number of carbonyl (C=O) groups excluding carboxylic acids is 1. The van der Waals surface area contributed by atoms with Gasteiger partial charge >= 0.3 is 5.97 Å². The predicted octanol–water partition coefficient (Wildman–Crippen LogP) is -0.101. The van der Waals surface area contributed by atoms with Crippen molar-refractivity contribution in [1.29, 1.82) is 0 Å². The van der Waals surface area contributed by atoms with Crippen molar-refractivity contribution in [2.24, 2.45) is 5.92 Å². The third kappa shape index (κ3) is 7.12. The quantitative estimate of drug-likeness (QED) is 0.574. The Morgan fingerprint density at radius 2 is 2.21 bits per heavy atom. The summed E-state index contributed by atoms with van der Waals surface area (Å²) in [5, 5.41) is 14.2. The minimum absolute atomic E-state index is 0.0349. The van der Waals surface area contributed by atoms with Crippen molar-refractivity contribution in [3.63, 3.8) is 0 Å². The van der Waals surface area contributed by atoms with Crippen molar-refractivity contribution in [3.8, 4) is 0 Å². The van der Waals surface area contributed by atoms with E-state index in [1.807, 2.05) is 0 Å². The Kier molecular flexibility index (Phi) is 7.43. The summed E-state index contributed by atoms with van der Waals surface area (Å²) < 4.78 is 0. The third-order valence-electron chi connectivity index (χ3n) is 3.47. The predicted molar refractivity (Wildman–Crippen MR) is 73.0 cm³/mol. The minimum atomic E-state index is -0.807. The smallest absolute Gasteiger partial charge is 0.317 e. The maximum atomic E-state index is 11.1. The molecule has 1 rings (SSSR count). The van der Waals surface area contributed by atoms with Gasteiger partial charge in [-0.3, -0.25) is 9.59 Å². The van der Waals surface area contributed by atoms with Gasteiger partial charge in [0.15, 0.2) is 0 Å². The number of rotatable bonds is 8.